The molecule has 1 heterocycles. The molecule has 0 unspecified atom stereocenters. The molecule has 0 aromatic heterocycles. The Hall–Kier alpha value is -2.52. The van der Waals surface area contributed by atoms with Gasteiger partial charge in [0.05, 0.1) is 0 Å². The minimum atomic E-state index is 0.541. The van der Waals surface area contributed by atoms with Gasteiger partial charge in [0.2, 0.25) is 0 Å². The van der Waals surface area contributed by atoms with Gasteiger partial charge in [0.1, 0.15) is 0 Å². The third kappa shape index (κ3) is 3.15. The van der Waals surface area contributed by atoms with E-state index in [0.29, 0.717) is 6.54 Å². The molecule has 0 bridgehead atoms. The summed E-state index contributed by atoms with van der Waals surface area (Å²) in [6.45, 7) is 2.68. The SMILES string of the molecule is CNc1cc(-c2cccc(N3C=CCC=C3C)c2)ccc1CN. The first-order valence-electron chi connectivity index (χ1n) is 7.97. The molecular formula is C20H23N3. The average Bonchev–Trinajstić information content (AvgIpc) is 2.61. The molecule has 118 valence electrons. The molecule has 0 atom stereocenters. The molecule has 1 aliphatic rings. The monoisotopic (exact) mass is 305 g/mol. The lowest BCUT2D eigenvalue weighted by molar-refractivity contribution is 1.07. The first kappa shape index (κ1) is 15.4. The van der Waals surface area contributed by atoms with Crippen LogP contribution in [-0.2, 0) is 6.54 Å². The highest BCUT2D eigenvalue weighted by molar-refractivity contribution is 5.74. The molecule has 0 saturated carbocycles. The minimum absolute atomic E-state index is 0.541. The van der Waals surface area contributed by atoms with Crippen LogP contribution in [0.5, 0.6) is 0 Å². The maximum Gasteiger partial charge on any atom is 0.0458 e. The highest BCUT2D eigenvalue weighted by atomic mass is 15.1. The zero-order valence-electron chi connectivity index (χ0n) is 13.7. The predicted octanol–water partition coefficient (Wildman–Crippen LogP) is 4.48. The van der Waals surface area contributed by atoms with E-state index in [2.05, 4.69) is 78.0 Å². The van der Waals surface area contributed by atoms with Gasteiger partial charge in [-0.1, -0.05) is 36.4 Å². The third-order valence-corrected chi connectivity index (χ3v) is 4.24. The van der Waals surface area contributed by atoms with Crippen LogP contribution in [0.25, 0.3) is 11.1 Å². The predicted molar refractivity (Wildman–Crippen MR) is 99.3 cm³/mol. The average molecular weight is 305 g/mol. The van der Waals surface area contributed by atoms with Gasteiger partial charge in [-0.2, -0.15) is 0 Å². The largest absolute Gasteiger partial charge is 0.388 e. The van der Waals surface area contributed by atoms with Crippen molar-refractivity contribution in [2.75, 3.05) is 17.3 Å². The molecule has 0 fully saturated rings. The summed E-state index contributed by atoms with van der Waals surface area (Å²) in [5, 5.41) is 3.23. The molecule has 0 spiro atoms. The maximum atomic E-state index is 5.79. The summed E-state index contributed by atoms with van der Waals surface area (Å²) in [4.78, 5) is 2.22. The fourth-order valence-electron chi connectivity index (χ4n) is 2.91. The van der Waals surface area contributed by atoms with Crippen LogP contribution in [0.15, 0.2) is 66.5 Å². The zero-order valence-corrected chi connectivity index (χ0v) is 13.7. The van der Waals surface area contributed by atoms with Crippen LogP contribution >= 0.6 is 0 Å². The number of allylic oxidation sites excluding steroid dienone is 3. The Morgan fingerprint density at radius 1 is 1.13 bits per heavy atom. The van der Waals surface area contributed by atoms with Crippen molar-refractivity contribution < 1.29 is 0 Å². The molecule has 23 heavy (non-hydrogen) atoms. The number of nitrogens with two attached hydrogens (primary N) is 1. The van der Waals surface area contributed by atoms with Crippen molar-refractivity contribution in [1.82, 2.24) is 0 Å². The van der Waals surface area contributed by atoms with Crippen molar-refractivity contribution in [3.63, 3.8) is 0 Å². The maximum absolute atomic E-state index is 5.79. The van der Waals surface area contributed by atoms with Crippen LogP contribution < -0.4 is 16.0 Å². The van der Waals surface area contributed by atoms with E-state index in [0.717, 1.165) is 17.7 Å². The van der Waals surface area contributed by atoms with Gasteiger partial charge < -0.3 is 16.0 Å². The zero-order chi connectivity index (χ0) is 16.2. The lowest BCUT2D eigenvalue weighted by Crippen LogP contribution is -2.15. The number of anilines is 2. The second-order valence-corrected chi connectivity index (χ2v) is 5.71. The summed E-state index contributed by atoms with van der Waals surface area (Å²) in [5.74, 6) is 0. The molecule has 0 aliphatic carbocycles. The smallest absolute Gasteiger partial charge is 0.0458 e. The second kappa shape index (κ2) is 6.71. The normalized spacial score (nSPS) is 13.9. The van der Waals surface area contributed by atoms with Crippen LogP contribution in [0.4, 0.5) is 11.4 Å². The first-order chi connectivity index (χ1) is 11.2. The van der Waals surface area contributed by atoms with Crippen LogP contribution in [0.2, 0.25) is 0 Å². The Bertz CT molecular complexity index is 759. The van der Waals surface area contributed by atoms with E-state index in [4.69, 9.17) is 5.73 Å². The standard InChI is InChI=1S/C20H23N3/c1-15-6-3-4-11-23(15)19-8-5-7-16(12-19)17-9-10-18(14-21)20(13-17)22-2/h4-13,22H,3,14,21H2,1-2H3. The van der Waals surface area contributed by atoms with Crippen molar-refractivity contribution in [2.45, 2.75) is 19.9 Å². The quantitative estimate of drug-likeness (QED) is 0.875. The Morgan fingerprint density at radius 3 is 2.70 bits per heavy atom. The number of nitrogens with one attached hydrogen (secondary N) is 1. The molecule has 3 N–H and O–H groups in total. The van der Waals surface area contributed by atoms with E-state index in [1.54, 1.807) is 0 Å². The number of rotatable bonds is 4. The van der Waals surface area contributed by atoms with Gasteiger partial charge in [0.15, 0.2) is 0 Å². The van der Waals surface area contributed by atoms with Crippen molar-refractivity contribution in [3.05, 3.63) is 72.1 Å². The van der Waals surface area contributed by atoms with Gasteiger partial charge in [-0.3, -0.25) is 0 Å². The first-order valence-corrected chi connectivity index (χ1v) is 7.97. The van der Waals surface area contributed by atoms with E-state index in [-0.39, 0.29) is 0 Å². The van der Waals surface area contributed by atoms with Crippen LogP contribution in [0.3, 0.4) is 0 Å². The van der Waals surface area contributed by atoms with Gasteiger partial charge in [-0.25, -0.2) is 0 Å². The molecule has 2 aromatic rings. The van der Waals surface area contributed by atoms with E-state index in [9.17, 15) is 0 Å². The molecule has 3 nitrogen and oxygen atoms in total. The summed E-state index contributed by atoms with van der Waals surface area (Å²) in [7, 11) is 1.93. The Labute approximate surface area is 138 Å². The second-order valence-electron chi connectivity index (χ2n) is 5.71. The van der Waals surface area contributed by atoms with Gasteiger partial charge >= 0.3 is 0 Å². The van der Waals surface area contributed by atoms with Crippen LogP contribution in [0.1, 0.15) is 18.9 Å². The van der Waals surface area contributed by atoms with Crippen LogP contribution in [-0.4, -0.2) is 7.05 Å². The van der Waals surface area contributed by atoms with E-state index in [1.807, 2.05) is 7.05 Å². The van der Waals surface area contributed by atoms with Gasteiger partial charge in [0, 0.05) is 36.9 Å². The summed E-state index contributed by atoms with van der Waals surface area (Å²) in [6.07, 6.45) is 7.57. The molecule has 0 saturated heterocycles. The van der Waals surface area contributed by atoms with Crippen molar-refractivity contribution >= 4 is 11.4 Å². The highest BCUT2D eigenvalue weighted by Crippen LogP contribution is 2.30. The van der Waals surface area contributed by atoms with Gasteiger partial charge in [-0.05, 0) is 48.2 Å². The molecule has 0 amide bonds. The fraction of sp³-hybridized carbons (Fsp3) is 0.200. The van der Waals surface area contributed by atoms with Crippen molar-refractivity contribution in [1.29, 1.82) is 0 Å². The molecule has 1 aliphatic heterocycles. The number of hydrogen-bond donors (Lipinski definition) is 2. The lowest BCUT2D eigenvalue weighted by atomic mass is 10.0. The summed E-state index contributed by atoms with van der Waals surface area (Å²) in [6, 6.07) is 15.0. The number of nitrogens with zero attached hydrogens (tertiary/aromatic N) is 1. The van der Waals surface area contributed by atoms with Crippen molar-refractivity contribution in [3.8, 4) is 11.1 Å². The van der Waals surface area contributed by atoms with E-state index < -0.39 is 0 Å². The Balaban J connectivity index is 1.98. The highest BCUT2D eigenvalue weighted by Gasteiger charge is 2.10. The number of benzene rings is 2. The van der Waals surface area contributed by atoms with E-state index in [1.165, 1.54) is 22.5 Å². The molecule has 3 rings (SSSR count). The minimum Gasteiger partial charge on any atom is -0.388 e. The summed E-state index contributed by atoms with van der Waals surface area (Å²) >= 11 is 0. The third-order valence-electron chi connectivity index (χ3n) is 4.24. The summed E-state index contributed by atoms with van der Waals surface area (Å²) in [5.41, 5.74) is 12.8. The van der Waals surface area contributed by atoms with Crippen LogP contribution in [0, 0.1) is 0 Å². The number of hydrogen-bond acceptors (Lipinski definition) is 3. The molecule has 3 heteroatoms. The molecule has 2 aromatic carbocycles. The topological polar surface area (TPSA) is 41.3 Å². The van der Waals surface area contributed by atoms with Gasteiger partial charge in [-0.15, -0.1) is 0 Å². The van der Waals surface area contributed by atoms with Gasteiger partial charge in [0.25, 0.3) is 0 Å². The van der Waals surface area contributed by atoms with E-state index >= 15 is 0 Å². The van der Waals surface area contributed by atoms with Crippen molar-refractivity contribution in [2.24, 2.45) is 5.73 Å². The summed E-state index contributed by atoms with van der Waals surface area (Å²) < 4.78 is 0. The lowest BCUT2D eigenvalue weighted by Gasteiger charge is -2.24. The fourth-order valence-corrected chi connectivity index (χ4v) is 2.91. The Morgan fingerprint density at radius 2 is 1.96 bits per heavy atom. The molecule has 0 radical (unpaired) electrons. The molecular weight excluding hydrogens is 282 g/mol. The Kier molecular flexibility index (Phi) is 4.49.